The predicted molar refractivity (Wildman–Crippen MR) is 83.0 cm³/mol. The van der Waals surface area contributed by atoms with Crippen LogP contribution >= 0.6 is 0 Å². The molecule has 0 unspecified atom stereocenters. The third-order valence-corrected chi connectivity index (χ3v) is 4.23. The lowest BCUT2D eigenvalue weighted by Crippen LogP contribution is -2.32. The number of rotatable bonds is 5. The summed E-state index contributed by atoms with van der Waals surface area (Å²) in [5.41, 5.74) is 2.73. The quantitative estimate of drug-likeness (QED) is 0.924. The third kappa shape index (κ3) is 3.09. The maximum atomic E-state index is 12.4. The van der Waals surface area contributed by atoms with Crippen LogP contribution in [0.25, 0.3) is 0 Å². The monoisotopic (exact) mass is 302 g/mol. The molecule has 2 aromatic heterocycles. The lowest BCUT2D eigenvalue weighted by atomic mass is 10.2. The Morgan fingerprint density at radius 2 is 2.32 bits per heavy atom. The highest BCUT2D eigenvalue weighted by atomic mass is 16.5. The average Bonchev–Trinajstić information content (AvgIpc) is 3.23. The normalized spacial score (nSPS) is 17.8. The van der Waals surface area contributed by atoms with E-state index in [2.05, 4.69) is 9.88 Å². The number of ether oxygens (including phenoxy) is 1. The lowest BCUT2D eigenvalue weighted by molar-refractivity contribution is 0.0857. The topological polar surface area (TPSA) is 56.4 Å². The van der Waals surface area contributed by atoms with Gasteiger partial charge in [0.05, 0.1) is 24.5 Å². The highest BCUT2D eigenvalue weighted by Crippen LogP contribution is 2.18. The number of hydrogen-bond donors (Lipinski definition) is 1. The molecule has 1 aliphatic heterocycles. The fourth-order valence-electron chi connectivity index (χ4n) is 2.94. The molecule has 0 spiro atoms. The van der Waals surface area contributed by atoms with Crippen LogP contribution in [0.5, 0.6) is 0 Å². The van der Waals surface area contributed by atoms with Crippen molar-refractivity contribution in [1.29, 1.82) is 0 Å². The van der Waals surface area contributed by atoms with Crippen molar-refractivity contribution in [2.24, 2.45) is 0 Å². The van der Waals surface area contributed by atoms with Crippen LogP contribution in [0, 0.1) is 13.8 Å². The standard InChI is InChI=1S/C17H22N2O3/c1-12-9-16(17(20)18-10-14-5-3-7-21-14)13(2)19(12)11-15-6-4-8-22-15/h4,6,8-9,14H,3,5,7,10-11H2,1-2H3,(H,18,20)/t14-/m0/s1. The van der Waals surface area contributed by atoms with Gasteiger partial charge in [0, 0.05) is 24.5 Å². The van der Waals surface area contributed by atoms with E-state index >= 15 is 0 Å². The second-order valence-corrected chi connectivity index (χ2v) is 5.80. The Hall–Kier alpha value is -2.01. The summed E-state index contributed by atoms with van der Waals surface area (Å²) in [7, 11) is 0. The van der Waals surface area contributed by atoms with Crippen molar-refractivity contribution in [3.05, 3.63) is 47.2 Å². The number of nitrogens with one attached hydrogen (secondary N) is 1. The van der Waals surface area contributed by atoms with Crippen LogP contribution in [0.1, 0.15) is 40.3 Å². The first-order valence-electron chi connectivity index (χ1n) is 7.74. The molecule has 1 fully saturated rings. The van der Waals surface area contributed by atoms with E-state index in [1.807, 2.05) is 32.0 Å². The van der Waals surface area contributed by atoms with Crippen LogP contribution in [0.15, 0.2) is 28.9 Å². The summed E-state index contributed by atoms with van der Waals surface area (Å²) >= 11 is 0. The van der Waals surface area contributed by atoms with Crippen LogP contribution < -0.4 is 5.32 Å². The molecule has 1 aliphatic rings. The summed E-state index contributed by atoms with van der Waals surface area (Å²) in [5, 5.41) is 2.98. The van der Waals surface area contributed by atoms with Gasteiger partial charge < -0.3 is 19.0 Å². The number of hydrogen-bond acceptors (Lipinski definition) is 3. The molecular formula is C17H22N2O3. The zero-order valence-corrected chi connectivity index (χ0v) is 13.1. The lowest BCUT2D eigenvalue weighted by Gasteiger charge is -2.11. The van der Waals surface area contributed by atoms with Crippen LogP contribution in [0.2, 0.25) is 0 Å². The Bertz CT molecular complexity index is 637. The number of aromatic nitrogens is 1. The molecule has 0 bridgehead atoms. The zero-order valence-electron chi connectivity index (χ0n) is 13.1. The third-order valence-electron chi connectivity index (χ3n) is 4.23. The largest absolute Gasteiger partial charge is 0.467 e. The minimum Gasteiger partial charge on any atom is -0.467 e. The molecule has 5 heteroatoms. The molecule has 118 valence electrons. The first kappa shape index (κ1) is 14.9. The van der Waals surface area contributed by atoms with E-state index in [1.165, 1.54) is 0 Å². The second kappa shape index (κ2) is 6.40. The maximum absolute atomic E-state index is 12.4. The number of amides is 1. The van der Waals surface area contributed by atoms with Crippen LogP contribution in [-0.4, -0.2) is 29.7 Å². The molecular weight excluding hydrogens is 280 g/mol. The van der Waals surface area contributed by atoms with Crippen molar-refractivity contribution in [3.63, 3.8) is 0 Å². The van der Waals surface area contributed by atoms with E-state index in [1.54, 1.807) is 6.26 Å². The van der Waals surface area contributed by atoms with E-state index in [0.717, 1.165) is 42.2 Å². The van der Waals surface area contributed by atoms with E-state index < -0.39 is 0 Å². The number of aryl methyl sites for hydroxylation is 1. The highest BCUT2D eigenvalue weighted by molar-refractivity contribution is 5.95. The molecule has 1 atom stereocenters. The summed E-state index contributed by atoms with van der Waals surface area (Å²) in [5.74, 6) is 0.849. The maximum Gasteiger partial charge on any atom is 0.253 e. The molecule has 0 aliphatic carbocycles. The molecule has 2 aromatic rings. The first-order chi connectivity index (χ1) is 10.6. The second-order valence-electron chi connectivity index (χ2n) is 5.80. The SMILES string of the molecule is Cc1cc(C(=O)NC[C@@H]2CCCO2)c(C)n1Cc1ccco1. The summed E-state index contributed by atoms with van der Waals surface area (Å²) in [6, 6.07) is 5.75. The van der Waals surface area contributed by atoms with Gasteiger partial charge in [0.25, 0.3) is 5.91 Å². The van der Waals surface area contributed by atoms with Gasteiger partial charge in [-0.25, -0.2) is 0 Å². The summed E-state index contributed by atoms with van der Waals surface area (Å²) in [4.78, 5) is 12.4. The predicted octanol–water partition coefficient (Wildman–Crippen LogP) is 2.66. The van der Waals surface area contributed by atoms with Crippen molar-refractivity contribution in [1.82, 2.24) is 9.88 Å². The molecule has 3 heterocycles. The fraction of sp³-hybridized carbons (Fsp3) is 0.471. The molecule has 1 N–H and O–H groups in total. The molecule has 1 saturated heterocycles. The molecule has 1 amide bonds. The van der Waals surface area contributed by atoms with Gasteiger partial charge in [-0.15, -0.1) is 0 Å². The summed E-state index contributed by atoms with van der Waals surface area (Å²) in [6.45, 7) is 6.01. The Morgan fingerprint density at radius 3 is 3.00 bits per heavy atom. The van der Waals surface area contributed by atoms with Crippen molar-refractivity contribution in [3.8, 4) is 0 Å². The Morgan fingerprint density at radius 1 is 1.45 bits per heavy atom. The molecule has 0 aromatic carbocycles. The Balaban J connectivity index is 1.69. The number of nitrogens with zero attached hydrogens (tertiary/aromatic N) is 1. The Kier molecular flexibility index (Phi) is 4.34. The minimum absolute atomic E-state index is 0.0331. The average molecular weight is 302 g/mol. The molecule has 5 nitrogen and oxygen atoms in total. The Labute approximate surface area is 130 Å². The van der Waals surface area contributed by atoms with Gasteiger partial charge in [-0.3, -0.25) is 4.79 Å². The number of carbonyl (C=O) groups excluding carboxylic acids is 1. The highest BCUT2D eigenvalue weighted by Gasteiger charge is 2.19. The van der Waals surface area contributed by atoms with Gasteiger partial charge in [0.1, 0.15) is 5.76 Å². The van der Waals surface area contributed by atoms with Crippen molar-refractivity contribution in [2.45, 2.75) is 39.3 Å². The smallest absolute Gasteiger partial charge is 0.253 e. The molecule has 22 heavy (non-hydrogen) atoms. The van der Waals surface area contributed by atoms with Gasteiger partial charge in [-0.2, -0.15) is 0 Å². The van der Waals surface area contributed by atoms with E-state index in [4.69, 9.17) is 9.15 Å². The van der Waals surface area contributed by atoms with Crippen molar-refractivity contribution < 1.29 is 13.9 Å². The van der Waals surface area contributed by atoms with Gasteiger partial charge in [-0.1, -0.05) is 0 Å². The minimum atomic E-state index is -0.0331. The van der Waals surface area contributed by atoms with Gasteiger partial charge in [0.15, 0.2) is 0 Å². The number of carbonyl (C=O) groups is 1. The number of furan rings is 1. The van der Waals surface area contributed by atoms with Crippen LogP contribution in [-0.2, 0) is 11.3 Å². The van der Waals surface area contributed by atoms with Gasteiger partial charge in [0.2, 0.25) is 0 Å². The van der Waals surface area contributed by atoms with E-state index in [9.17, 15) is 4.79 Å². The molecule has 3 rings (SSSR count). The van der Waals surface area contributed by atoms with Gasteiger partial charge in [-0.05, 0) is 44.9 Å². The molecule has 0 radical (unpaired) electrons. The van der Waals surface area contributed by atoms with Crippen molar-refractivity contribution in [2.75, 3.05) is 13.2 Å². The summed E-state index contributed by atoms with van der Waals surface area (Å²) in [6.07, 6.45) is 3.94. The van der Waals surface area contributed by atoms with Crippen LogP contribution in [0.3, 0.4) is 0 Å². The summed E-state index contributed by atoms with van der Waals surface area (Å²) < 4.78 is 13.0. The van der Waals surface area contributed by atoms with Gasteiger partial charge >= 0.3 is 0 Å². The van der Waals surface area contributed by atoms with E-state index in [-0.39, 0.29) is 12.0 Å². The van der Waals surface area contributed by atoms with Crippen LogP contribution in [0.4, 0.5) is 0 Å². The first-order valence-corrected chi connectivity index (χ1v) is 7.74. The zero-order chi connectivity index (χ0) is 15.5. The van der Waals surface area contributed by atoms with E-state index in [0.29, 0.717) is 13.1 Å². The van der Waals surface area contributed by atoms with Crippen molar-refractivity contribution >= 4 is 5.91 Å². The fourth-order valence-corrected chi connectivity index (χ4v) is 2.94. The molecule has 0 saturated carbocycles.